The molecule has 0 spiro atoms. The van der Waals surface area contributed by atoms with Crippen molar-refractivity contribution in [2.75, 3.05) is 12.8 Å². The standard InChI is InChI=1S/C14H14ClN3O/c1-18(9-10-3-2-6-17-8-10)14(19)11-4-5-13(16)12(15)7-11/h2-8H,9,16H2,1H3. The van der Waals surface area contributed by atoms with Crippen LogP contribution in [-0.2, 0) is 6.54 Å². The van der Waals surface area contributed by atoms with Crippen LogP contribution in [-0.4, -0.2) is 22.8 Å². The summed E-state index contributed by atoms with van der Waals surface area (Å²) in [4.78, 5) is 17.8. The fourth-order valence-electron chi connectivity index (χ4n) is 1.72. The monoisotopic (exact) mass is 275 g/mol. The number of hydrogen-bond donors (Lipinski definition) is 1. The third-order valence-corrected chi connectivity index (χ3v) is 3.06. The van der Waals surface area contributed by atoms with Crippen LogP contribution in [0.4, 0.5) is 5.69 Å². The van der Waals surface area contributed by atoms with Crippen molar-refractivity contribution in [1.29, 1.82) is 0 Å². The number of pyridine rings is 1. The van der Waals surface area contributed by atoms with E-state index >= 15 is 0 Å². The average molecular weight is 276 g/mol. The molecule has 0 aliphatic carbocycles. The number of anilines is 1. The highest BCUT2D eigenvalue weighted by Crippen LogP contribution is 2.20. The van der Waals surface area contributed by atoms with Gasteiger partial charge in [-0.15, -0.1) is 0 Å². The third-order valence-electron chi connectivity index (χ3n) is 2.74. The fraction of sp³-hybridized carbons (Fsp3) is 0.143. The van der Waals surface area contributed by atoms with Crippen LogP contribution in [0.5, 0.6) is 0 Å². The Morgan fingerprint density at radius 3 is 2.84 bits per heavy atom. The second kappa shape index (κ2) is 5.71. The van der Waals surface area contributed by atoms with Crippen molar-refractivity contribution in [3.63, 3.8) is 0 Å². The molecule has 1 heterocycles. The van der Waals surface area contributed by atoms with Crippen LogP contribution < -0.4 is 5.73 Å². The molecule has 0 saturated heterocycles. The summed E-state index contributed by atoms with van der Waals surface area (Å²) in [6.45, 7) is 0.495. The zero-order valence-electron chi connectivity index (χ0n) is 10.5. The minimum absolute atomic E-state index is 0.106. The smallest absolute Gasteiger partial charge is 0.253 e. The normalized spacial score (nSPS) is 10.2. The second-order valence-corrected chi connectivity index (χ2v) is 4.67. The Morgan fingerprint density at radius 2 is 2.21 bits per heavy atom. The van der Waals surface area contributed by atoms with E-state index < -0.39 is 0 Å². The summed E-state index contributed by atoms with van der Waals surface area (Å²) >= 11 is 5.92. The molecule has 0 atom stereocenters. The first-order chi connectivity index (χ1) is 9.08. The van der Waals surface area contributed by atoms with E-state index in [9.17, 15) is 4.79 Å². The van der Waals surface area contributed by atoms with Gasteiger partial charge in [0.25, 0.3) is 5.91 Å². The van der Waals surface area contributed by atoms with E-state index in [1.165, 1.54) is 0 Å². The van der Waals surface area contributed by atoms with E-state index in [-0.39, 0.29) is 5.91 Å². The van der Waals surface area contributed by atoms with Gasteiger partial charge in [0.05, 0.1) is 10.7 Å². The molecule has 4 nitrogen and oxygen atoms in total. The molecule has 0 unspecified atom stereocenters. The van der Waals surface area contributed by atoms with Gasteiger partial charge in [0.1, 0.15) is 0 Å². The van der Waals surface area contributed by atoms with Gasteiger partial charge in [-0.05, 0) is 29.8 Å². The van der Waals surface area contributed by atoms with Gasteiger partial charge in [0.2, 0.25) is 0 Å². The molecule has 5 heteroatoms. The van der Waals surface area contributed by atoms with Crippen LogP contribution in [0.25, 0.3) is 0 Å². The summed E-state index contributed by atoms with van der Waals surface area (Å²) in [5, 5.41) is 0.389. The predicted molar refractivity (Wildman–Crippen MR) is 75.9 cm³/mol. The van der Waals surface area contributed by atoms with Crippen LogP contribution in [0.15, 0.2) is 42.7 Å². The lowest BCUT2D eigenvalue weighted by atomic mass is 10.1. The first kappa shape index (κ1) is 13.4. The molecule has 1 aromatic carbocycles. The number of amides is 1. The number of benzene rings is 1. The Labute approximate surface area is 116 Å². The first-order valence-electron chi connectivity index (χ1n) is 5.77. The molecular weight excluding hydrogens is 262 g/mol. The van der Waals surface area contributed by atoms with E-state index in [2.05, 4.69) is 4.98 Å². The number of carbonyl (C=O) groups excluding carboxylic acids is 1. The van der Waals surface area contributed by atoms with Crippen molar-refractivity contribution in [2.24, 2.45) is 0 Å². The summed E-state index contributed by atoms with van der Waals surface area (Å²) in [7, 11) is 1.74. The Hall–Kier alpha value is -2.07. The molecule has 0 saturated carbocycles. The van der Waals surface area contributed by atoms with Gasteiger partial charge in [0, 0.05) is 31.5 Å². The van der Waals surface area contributed by atoms with Gasteiger partial charge in [0.15, 0.2) is 0 Å². The van der Waals surface area contributed by atoms with Gasteiger partial charge in [-0.2, -0.15) is 0 Å². The Morgan fingerprint density at radius 1 is 1.42 bits per heavy atom. The number of carbonyl (C=O) groups is 1. The molecule has 0 aliphatic rings. The number of nitrogen functional groups attached to an aromatic ring is 1. The Balaban J connectivity index is 2.12. The van der Waals surface area contributed by atoms with Crippen LogP contribution in [0.3, 0.4) is 0 Å². The SMILES string of the molecule is CN(Cc1cccnc1)C(=O)c1ccc(N)c(Cl)c1. The van der Waals surface area contributed by atoms with Crippen LogP contribution in [0.2, 0.25) is 5.02 Å². The molecule has 98 valence electrons. The third kappa shape index (κ3) is 3.23. The first-order valence-corrected chi connectivity index (χ1v) is 6.15. The Kier molecular flexibility index (Phi) is 4.02. The fourth-order valence-corrected chi connectivity index (χ4v) is 1.90. The molecule has 0 fully saturated rings. The molecule has 0 bridgehead atoms. The van der Waals surface area contributed by atoms with Crippen LogP contribution in [0.1, 0.15) is 15.9 Å². The van der Waals surface area contributed by atoms with Crippen LogP contribution >= 0.6 is 11.6 Å². The minimum Gasteiger partial charge on any atom is -0.398 e. The average Bonchev–Trinajstić information content (AvgIpc) is 2.42. The van der Waals surface area contributed by atoms with Crippen molar-refractivity contribution < 1.29 is 4.79 Å². The van der Waals surface area contributed by atoms with Crippen molar-refractivity contribution in [3.8, 4) is 0 Å². The van der Waals surface area contributed by atoms with Gasteiger partial charge >= 0.3 is 0 Å². The summed E-state index contributed by atoms with van der Waals surface area (Å²) < 4.78 is 0. The quantitative estimate of drug-likeness (QED) is 0.876. The van der Waals surface area contributed by atoms with E-state index in [0.29, 0.717) is 22.8 Å². The van der Waals surface area contributed by atoms with Crippen molar-refractivity contribution in [3.05, 3.63) is 58.9 Å². The maximum absolute atomic E-state index is 12.2. The lowest BCUT2D eigenvalue weighted by Gasteiger charge is -2.17. The number of nitrogens with zero attached hydrogens (tertiary/aromatic N) is 2. The molecule has 1 amide bonds. The van der Waals surface area contributed by atoms with Gasteiger partial charge in [-0.25, -0.2) is 0 Å². The van der Waals surface area contributed by atoms with Gasteiger partial charge < -0.3 is 10.6 Å². The molecule has 2 rings (SSSR count). The molecule has 2 N–H and O–H groups in total. The maximum Gasteiger partial charge on any atom is 0.253 e. The van der Waals surface area contributed by atoms with Gasteiger partial charge in [-0.3, -0.25) is 9.78 Å². The topological polar surface area (TPSA) is 59.2 Å². The van der Waals surface area contributed by atoms with E-state index in [4.69, 9.17) is 17.3 Å². The summed E-state index contributed by atoms with van der Waals surface area (Å²) in [5.74, 6) is -0.106. The summed E-state index contributed by atoms with van der Waals surface area (Å²) in [5.41, 5.74) is 7.58. The molecule has 19 heavy (non-hydrogen) atoms. The van der Waals surface area contributed by atoms with Crippen molar-refractivity contribution >= 4 is 23.2 Å². The number of rotatable bonds is 3. The summed E-state index contributed by atoms with van der Waals surface area (Å²) in [6.07, 6.45) is 3.44. The molecule has 2 aromatic rings. The number of hydrogen-bond acceptors (Lipinski definition) is 3. The van der Waals surface area contributed by atoms with Crippen molar-refractivity contribution in [2.45, 2.75) is 6.54 Å². The molecule has 1 aromatic heterocycles. The number of halogens is 1. The molecule has 0 aliphatic heterocycles. The van der Waals surface area contributed by atoms with Crippen molar-refractivity contribution in [1.82, 2.24) is 9.88 Å². The molecular formula is C14H14ClN3O. The van der Waals surface area contributed by atoms with Gasteiger partial charge in [-0.1, -0.05) is 17.7 Å². The number of nitrogens with two attached hydrogens (primary N) is 1. The minimum atomic E-state index is -0.106. The zero-order valence-corrected chi connectivity index (χ0v) is 11.3. The largest absolute Gasteiger partial charge is 0.398 e. The predicted octanol–water partition coefficient (Wildman–Crippen LogP) is 2.59. The summed E-state index contributed by atoms with van der Waals surface area (Å²) in [6, 6.07) is 8.65. The van der Waals surface area contributed by atoms with Crippen LogP contribution in [0, 0.1) is 0 Å². The zero-order chi connectivity index (χ0) is 13.8. The highest BCUT2D eigenvalue weighted by atomic mass is 35.5. The lowest BCUT2D eigenvalue weighted by molar-refractivity contribution is 0.0785. The maximum atomic E-state index is 12.2. The highest BCUT2D eigenvalue weighted by Gasteiger charge is 2.13. The van der Waals surface area contributed by atoms with E-state index in [1.54, 1.807) is 42.5 Å². The second-order valence-electron chi connectivity index (χ2n) is 4.26. The lowest BCUT2D eigenvalue weighted by Crippen LogP contribution is -2.26. The van der Waals surface area contributed by atoms with E-state index in [0.717, 1.165) is 5.56 Å². The Bertz CT molecular complexity index is 586. The number of aromatic nitrogens is 1. The highest BCUT2D eigenvalue weighted by molar-refractivity contribution is 6.33. The van der Waals surface area contributed by atoms with E-state index in [1.807, 2.05) is 12.1 Å². The molecule has 0 radical (unpaired) electrons.